The minimum atomic E-state index is 0.445. The first-order chi connectivity index (χ1) is 7.47. The number of hydrogen-bond acceptors (Lipinski definition) is 2. The van der Waals surface area contributed by atoms with Gasteiger partial charge in [0.1, 0.15) is 6.10 Å². The Morgan fingerprint density at radius 1 is 0.933 bits per heavy atom. The maximum Gasteiger partial charge on any atom is 0.139 e. The van der Waals surface area contributed by atoms with E-state index in [1.54, 1.807) is 0 Å². The highest BCUT2D eigenvalue weighted by Crippen LogP contribution is 2.85. The van der Waals surface area contributed by atoms with Crippen LogP contribution in [0.25, 0.3) is 0 Å². The SMILES string of the molecule is c1ccc(C2=NO[C@H]3C4[C@H]5C([C@H]45)[C@H]23)cc1. The Hall–Kier alpha value is -1.31. The second kappa shape index (κ2) is 1.97. The second-order valence-electron chi connectivity index (χ2n) is 5.25. The van der Waals surface area contributed by atoms with Crippen LogP contribution in [0.1, 0.15) is 5.56 Å². The molecule has 0 unspecified atom stereocenters. The summed E-state index contributed by atoms with van der Waals surface area (Å²) >= 11 is 0. The third kappa shape index (κ3) is 0.638. The van der Waals surface area contributed by atoms with E-state index in [0.717, 1.165) is 23.7 Å². The Kier molecular flexibility index (Phi) is 0.924. The molecule has 0 spiro atoms. The molecule has 74 valence electrons. The molecule has 2 nitrogen and oxygen atoms in total. The second-order valence-corrected chi connectivity index (χ2v) is 5.25. The molecule has 4 fully saturated rings. The molecular formula is C13H11NO. The quantitative estimate of drug-likeness (QED) is 0.674. The highest BCUT2D eigenvalue weighted by molar-refractivity contribution is 6.04. The first-order valence-electron chi connectivity index (χ1n) is 5.76. The summed E-state index contributed by atoms with van der Waals surface area (Å²) in [5.74, 6) is 4.49. The molecule has 2 bridgehead atoms. The highest BCUT2D eigenvalue weighted by atomic mass is 16.6. The Balaban J connectivity index is 1.60. The van der Waals surface area contributed by atoms with E-state index < -0.39 is 0 Å². The van der Waals surface area contributed by atoms with Crippen LogP contribution in [0.3, 0.4) is 0 Å². The fraction of sp³-hybridized carbons (Fsp3) is 0.462. The molecule has 4 aliphatic carbocycles. The molecule has 0 N–H and O–H groups in total. The van der Waals surface area contributed by atoms with E-state index in [-0.39, 0.29) is 0 Å². The molecule has 4 atom stereocenters. The molecule has 5 aliphatic rings. The molecule has 1 aliphatic heterocycles. The Bertz CT molecular complexity index is 471. The number of benzene rings is 1. The van der Waals surface area contributed by atoms with Crippen molar-refractivity contribution in [1.29, 1.82) is 0 Å². The van der Waals surface area contributed by atoms with Crippen LogP contribution in [0.4, 0.5) is 0 Å². The van der Waals surface area contributed by atoms with Gasteiger partial charge in [-0.1, -0.05) is 35.5 Å². The lowest BCUT2D eigenvalue weighted by Gasteiger charge is -2.08. The third-order valence-corrected chi connectivity index (χ3v) is 4.75. The van der Waals surface area contributed by atoms with Crippen LogP contribution < -0.4 is 0 Å². The average molecular weight is 197 g/mol. The fourth-order valence-corrected chi connectivity index (χ4v) is 4.02. The fourth-order valence-electron chi connectivity index (χ4n) is 4.02. The lowest BCUT2D eigenvalue weighted by atomic mass is 9.94. The standard InChI is InChI=1S/C13H11NO/c1-2-4-6(5-3-1)12-11-9-7-8(9)10(7)13(11)15-14-12/h1-5,7-11,13H/t7-,8-,9?,10?,11-,13+/m1/s1. The van der Waals surface area contributed by atoms with Gasteiger partial charge in [-0.3, -0.25) is 0 Å². The summed E-state index contributed by atoms with van der Waals surface area (Å²) in [6, 6.07) is 10.5. The largest absolute Gasteiger partial charge is 0.391 e. The lowest BCUT2D eigenvalue weighted by molar-refractivity contribution is 0.0652. The molecule has 1 aromatic carbocycles. The van der Waals surface area contributed by atoms with Crippen molar-refractivity contribution in [2.45, 2.75) is 6.10 Å². The van der Waals surface area contributed by atoms with Gasteiger partial charge in [0, 0.05) is 11.8 Å². The minimum absolute atomic E-state index is 0.445. The molecule has 0 amide bonds. The summed E-state index contributed by atoms with van der Waals surface area (Å²) in [7, 11) is 0. The van der Waals surface area contributed by atoms with Crippen molar-refractivity contribution in [3.8, 4) is 0 Å². The minimum Gasteiger partial charge on any atom is -0.391 e. The molecular weight excluding hydrogens is 186 g/mol. The molecule has 4 saturated carbocycles. The molecule has 15 heavy (non-hydrogen) atoms. The summed E-state index contributed by atoms with van der Waals surface area (Å²) in [5.41, 5.74) is 2.48. The van der Waals surface area contributed by atoms with Crippen molar-refractivity contribution < 1.29 is 4.84 Å². The Morgan fingerprint density at radius 2 is 1.73 bits per heavy atom. The van der Waals surface area contributed by atoms with E-state index in [1.807, 2.05) is 0 Å². The smallest absolute Gasteiger partial charge is 0.139 e. The van der Waals surface area contributed by atoms with E-state index >= 15 is 0 Å². The van der Waals surface area contributed by atoms with Gasteiger partial charge in [-0.05, 0) is 23.3 Å². The average Bonchev–Trinajstić information content (AvgIpc) is 3.01. The number of rotatable bonds is 1. The highest BCUT2D eigenvalue weighted by Gasteiger charge is 2.87. The lowest BCUT2D eigenvalue weighted by Crippen LogP contribution is -2.19. The maximum absolute atomic E-state index is 5.61. The van der Waals surface area contributed by atoms with Gasteiger partial charge in [-0.2, -0.15) is 0 Å². The zero-order chi connectivity index (χ0) is 9.57. The van der Waals surface area contributed by atoms with Crippen LogP contribution >= 0.6 is 0 Å². The molecule has 0 aromatic heterocycles. The van der Waals surface area contributed by atoms with Gasteiger partial charge >= 0.3 is 0 Å². The van der Waals surface area contributed by atoms with Gasteiger partial charge in [0.25, 0.3) is 0 Å². The topological polar surface area (TPSA) is 21.6 Å². The predicted octanol–water partition coefficient (Wildman–Crippen LogP) is 1.91. The van der Waals surface area contributed by atoms with Crippen molar-refractivity contribution in [1.82, 2.24) is 0 Å². The maximum atomic E-state index is 5.61. The molecule has 0 saturated heterocycles. The number of nitrogens with zero attached hydrogens (tertiary/aromatic N) is 1. The summed E-state index contributed by atoms with van der Waals surface area (Å²) in [5, 5.41) is 4.30. The predicted molar refractivity (Wildman–Crippen MR) is 55.3 cm³/mol. The zero-order valence-corrected chi connectivity index (χ0v) is 8.21. The third-order valence-electron chi connectivity index (χ3n) is 4.75. The molecule has 2 heteroatoms. The van der Waals surface area contributed by atoms with Crippen molar-refractivity contribution >= 4 is 5.71 Å². The van der Waals surface area contributed by atoms with Crippen molar-refractivity contribution in [2.24, 2.45) is 34.7 Å². The number of hydrogen-bond donors (Lipinski definition) is 0. The van der Waals surface area contributed by atoms with Crippen molar-refractivity contribution in [2.75, 3.05) is 0 Å². The Morgan fingerprint density at radius 3 is 2.53 bits per heavy atom. The van der Waals surface area contributed by atoms with Crippen molar-refractivity contribution in [3.05, 3.63) is 35.9 Å². The summed E-state index contributed by atoms with van der Waals surface area (Å²) < 4.78 is 0. The summed E-state index contributed by atoms with van der Waals surface area (Å²) in [4.78, 5) is 5.61. The number of oxime groups is 1. The van der Waals surface area contributed by atoms with Crippen LogP contribution in [0.2, 0.25) is 0 Å². The van der Waals surface area contributed by atoms with Gasteiger partial charge in [0.05, 0.1) is 5.71 Å². The van der Waals surface area contributed by atoms with Gasteiger partial charge in [-0.15, -0.1) is 0 Å². The van der Waals surface area contributed by atoms with Gasteiger partial charge in [0.15, 0.2) is 0 Å². The first-order valence-corrected chi connectivity index (χ1v) is 5.76. The van der Waals surface area contributed by atoms with Crippen LogP contribution in [-0.4, -0.2) is 11.8 Å². The van der Waals surface area contributed by atoms with Gasteiger partial charge in [-0.25, -0.2) is 0 Å². The molecule has 1 heterocycles. The van der Waals surface area contributed by atoms with E-state index in [2.05, 4.69) is 35.5 Å². The van der Waals surface area contributed by atoms with Crippen LogP contribution in [0.15, 0.2) is 35.5 Å². The van der Waals surface area contributed by atoms with Gasteiger partial charge < -0.3 is 4.84 Å². The van der Waals surface area contributed by atoms with Crippen molar-refractivity contribution in [3.63, 3.8) is 0 Å². The van der Waals surface area contributed by atoms with Crippen LogP contribution in [0, 0.1) is 29.6 Å². The van der Waals surface area contributed by atoms with Crippen LogP contribution in [-0.2, 0) is 4.84 Å². The normalized spacial score (nSPS) is 51.6. The van der Waals surface area contributed by atoms with E-state index in [0.29, 0.717) is 12.0 Å². The van der Waals surface area contributed by atoms with E-state index in [1.165, 1.54) is 11.3 Å². The first kappa shape index (κ1) is 7.04. The molecule has 1 aromatic rings. The molecule has 0 radical (unpaired) electrons. The van der Waals surface area contributed by atoms with E-state index in [4.69, 9.17) is 4.84 Å². The van der Waals surface area contributed by atoms with Gasteiger partial charge in [0.2, 0.25) is 0 Å². The summed E-state index contributed by atoms with van der Waals surface area (Å²) in [6.07, 6.45) is 0.445. The Labute approximate surface area is 87.9 Å². The van der Waals surface area contributed by atoms with E-state index in [9.17, 15) is 0 Å². The van der Waals surface area contributed by atoms with Crippen LogP contribution in [0.5, 0.6) is 0 Å². The zero-order valence-electron chi connectivity index (χ0n) is 8.21. The monoisotopic (exact) mass is 197 g/mol. The summed E-state index contributed by atoms with van der Waals surface area (Å²) in [6.45, 7) is 0. The molecule has 6 rings (SSSR count).